The summed E-state index contributed by atoms with van der Waals surface area (Å²) in [7, 11) is 0. The van der Waals surface area contributed by atoms with Crippen molar-refractivity contribution in [3.8, 4) is 0 Å². The summed E-state index contributed by atoms with van der Waals surface area (Å²) in [6, 6.07) is 17.4. The van der Waals surface area contributed by atoms with Gasteiger partial charge in [0.25, 0.3) is 0 Å². The molecule has 0 heterocycles. The van der Waals surface area contributed by atoms with Gasteiger partial charge in [-0.15, -0.1) is 0 Å². The molecule has 1 aliphatic rings. The topological polar surface area (TPSA) is 78.4 Å². The number of carbonyl (C=O) groups excluding carboxylic acids is 1. The predicted octanol–water partition coefficient (Wildman–Crippen LogP) is 3.46. The standard InChI is InChI=1S/C23H28N2O3/c26-22(24-19-14-8-3-9-15-19)21(18-12-6-2-7-13-18)25-20(23(27)28)16-17-10-4-1-5-11-17/h1-2,4-7,10-13,19-21,25H,3,8-9,14-16H2,(H,24,26)(H,27,28)/t20-,21?/m0/s1. The maximum absolute atomic E-state index is 13.1. The average Bonchev–Trinajstić information content (AvgIpc) is 2.73. The molecule has 148 valence electrons. The molecule has 0 aromatic heterocycles. The SMILES string of the molecule is O=C(NC1CCCCC1)C(N[C@@H](Cc1ccccc1)C(=O)O)c1ccccc1. The number of carbonyl (C=O) groups is 2. The number of carboxylic acids is 1. The molecular weight excluding hydrogens is 352 g/mol. The summed E-state index contributed by atoms with van der Waals surface area (Å²) >= 11 is 0. The maximum atomic E-state index is 13.1. The van der Waals surface area contributed by atoms with Crippen molar-refractivity contribution in [3.63, 3.8) is 0 Å². The number of aliphatic carboxylic acids is 1. The smallest absolute Gasteiger partial charge is 0.321 e. The molecule has 3 rings (SSSR count). The Morgan fingerprint density at radius 2 is 1.54 bits per heavy atom. The van der Waals surface area contributed by atoms with E-state index in [1.807, 2.05) is 60.7 Å². The van der Waals surface area contributed by atoms with Crippen molar-refractivity contribution in [2.45, 2.75) is 56.7 Å². The Morgan fingerprint density at radius 3 is 2.14 bits per heavy atom. The first-order chi connectivity index (χ1) is 13.6. The highest BCUT2D eigenvalue weighted by Gasteiger charge is 2.29. The van der Waals surface area contributed by atoms with E-state index in [2.05, 4.69) is 10.6 Å². The van der Waals surface area contributed by atoms with Crippen molar-refractivity contribution in [1.82, 2.24) is 10.6 Å². The number of carboxylic acid groups (broad SMARTS) is 1. The zero-order valence-corrected chi connectivity index (χ0v) is 16.0. The fourth-order valence-corrected chi connectivity index (χ4v) is 3.77. The largest absolute Gasteiger partial charge is 0.480 e. The van der Waals surface area contributed by atoms with Crippen LogP contribution in [0.4, 0.5) is 0 Å². The zero-order valence-electron chi connectivity index (χ0n) is 16.0. The Hall–Kier alpha value is -2.66. The average molecular weight is 380 g/mol. The fourth-order valence-electron chi connectivity index (χ4n) is 3.77. The van der Waals surface area contributed by atoms with Gasteiger partial charge < -0.3 is 10.4 Å². The molecule has 3 N–H and O–H groups in total. The summed E-state index contributed by atoms with van der Waals surface area (Å²) in [5.74, 6) is -1.12. The maximum Gasteiger partial charge on any atom is 0.321 e. The van der Waals surface area contributed by atoms with Gasteiger partial charge in [0.1, 0.15) is 12.1 Å². The molecule has 0 spiro atoms. The second kappa shape index (κ2) is 10.0. The molecule has 28 heavy (non-hydrogen) atoms. The zero-order chi connectivity index (χ0) is 19.8. The van der Waals surface area contributed by atoms with E-state index in [1.165, 1.54) is 6.42 Å². The summed E-state index contributed by atoms with van der Waals surface area (Å²) in [6.45, 7) is 0. The summed E-state index contributed by atoms with van der Waals surface area (Å²) in [5.41, 5.74) is 1.69. The highest BCUT2D eigenvalue weighted by molar-refractivity contribution is 5.84. The van der Waals surface area contributed by atoms with Crippen LogP contribution in [-0.4, -0.2) is 29.1 Å². The van der Waals surface area contributed by atoms with Crippen LogP contribution in [0, 0.1) is 0 Å². The summed E-state index contributed by atoms with van der Waals surface area (Å²) in [6.07, 6.45) is 5.75. The van der Waals surface area contributed by atoms with Gasteiger partial charge in [-0.05, 0) is 30.4 Å². The van der Waals surface area contributed by atoms with E-state index in [4.69, 9.17) is 0 Å². The lowest BCUT2D eigenvalue weighted by atomic mass is 9.94. The lowest BCUT2D eigenvalue weighted by molar-refractivity contribution is -0.140. The Bertz CT molecular complexity index is 758. The van der Waals surface area contributed by atoms with Crippen LogP contribution in [0.15, 0.2) is 60.7 Å². The molecule has 2 aromatic rings. The predicted molar refractivity (Wildman–Crippen MR) is 109 cm³/mol. The van der Waals surface area contributed by atoms with Crippen molar-refractivity contribution in [3.05, 3.63) is 71.8 Å². The molecule has 0 aliphatic heterocycles. The minimum absolute atomic E-state index is 0.155. The van der Waals surface area contributed by atoms with Crippen molar-refractivity contribution in [2.75, 3.05) is 0 Å². The molecule has 0 saturated heterocycles. The van der Waals surface area contributed by atoms with Crippen molar-refractivity contribution in [1.29, 1.82) is 0 Å². The van der Waals surface area contributed by atoms with E-state index in [0.29, 0.717) is 6.42 Å². The van der Waals surface area contributed by atoms with Gasteiger partial charge in [-0.25, -0.2) is 0 Å². The minimum atomic E-state index is -0.963. The Kier molecular flexibility index (Phi) is 7.20. The van der Waals surface area contributed by atoms with Gasteiger partial charge in [-0.3, -0.25) is 14.9 Å². The molecule has 2 aromatic carbocycles. The summed E-state index contributed by atoms with van der Waals surface area (Å²) in [5, 5.41) is 16.0. The van der Waals surface area contributed by atoms with E-state index < -0.39 is 18.1 Å². The van der Waals surface area contributed by atoms with Crippen LogP contribution in [0.3, 0.4) is 0 Å². The first-order valence-electron chi connectivity index (χ1n) is 10.0. The second-order valence-corrected chi connectivity index (χ2v) is 7.43. The molecule has 1 fully saturated rings. The number of hydrogen-bond donors (Lipinski definition) is 3. The first-order valence-corrected chi connectivity index (χ1v) is 10.0. The van der Waals surface area contributed by atoms with Gasteiger partial charge in [-0.2, -0.15) is 0 Å². The molecular formula is C23H28N2O3. The van der Waals surface area contributed by atoms with E-state index >= 15 is 0 Å². The molecule has 0 radical (unpaired) electrons. The van der Waals surface area contributed by atoms with Crippen LogP contribution in [-0.2, 0) is 16.0 Å². The van der Waals surface area contributed by atoms with Crippen LogP contribution in [0.25, 0.3) is 0 Å². The molecule has 0 bridgehead atoms. The van der Waals surface area contributed by atoms with E-state index in [-0.39, 0.29) is 11.9 Å². The van der Waals surface area contributed by atoms with E-state index in [0.717, 1.165) is 36.8 Å². The Balaban J connectivity index is 1.76. The molecule has 1 unspecified atom stereocenters. The van der Waals surface area contributed by atoms with Crippen molar-refractivity contribution >= 4 is 11.9 Å². The Morgan fingerprint density at radius 1 is 0.929 bits per heavy atom. The van der Waals surface area contributed by atoms with Gasteiger partial charge in [0.15, 0.2) is 0 Å². The molecule has 5 heteroatoms. The van der Waals surface area contributed by atoms with Crippen LogP contribution in [0.1, 0.15) is 49.3 Å². The van der Waals surface area contributed by atoms with Gasteiger partial charge in [0.2, 0.25) is 5.91 Å². The second-order valence-electron chi connectivity index (χ2n) is 7.43. The molecule has 1 aliphatic carbocycles. The highest BCUT2D eigenvalue weighted by Crippen LogP contribution is 2.20. The third kappa shape index (κ3) is 5.67. The van der Waals surface area contributed by atoms with E-state index in [1.54, 1.807) is 0 Å². The van der Waals surface area contributed by atoms with Gasteiger partial charge in [0, 0.05) is 6.04 Å². The number of nitrogens with one attached hydrogen (secondary N) is 2. The first kappa shape index (κ1) is 20.1. The third-order valence-electron chi connectivity index (χ3n) is 5.30. The number of amides is 1. The van der Waals surface area contributed by atoms with Crippen molar-refractivity contribution in [2.24, 2.45) is 0 Å². The van der Waals surface area contributed by atoms with Gasteiger partial charge >= 0.3 is 5.97 Å². The monoisotopic (exact) mass is 380 g/mol. The number of benzene rings is 2. The normalized spacial score (nSPS) is 16.9. The lowest BCUT2D eigenvalue weighted by Crippen LogP contribution is -2.49. The molecule has 1 amide bonds. The quantitative estimate of drug-likeness (QED) is 0.655. The minimum Gasteiger partial charge on any atom is -0.480 e. The Labute approximate surface area is 166 Å². The lowest BCUT2D eigenvalue weighted by Gasteiger charge is -2.28. The van der Waals surface area contributed by atoms with Crippen LogP contribution >= 0.6 is 0 Å². The fraction of sp³-hybridized carbons (Fsp3) is 0.391. The highest BCUT2D eigenvalue weighted by atomic mass is 16.4. The summed E-state index contributed by atoms with van der Waals surface area (Å²) < 4.78 is 0. The molecule has 2 atom stereocenters. The summed E-state index contributed by atoms with van der Waals surface area (Å²) in [4.78, 5) is 24.9. The van der Waals surface area contributed by atoms with Gasteiger partial charge in [0.05, 0.1) is 0 Å². The third-order valence-corrected chi connectivity index (χ3v) is 5.30. The van der Waals surface area contributed by atoms with Crippen molar-refractivity contribution < 1.29 is 14.7 Å². The molecule has 5 nitrogen and oxygen atoms in total. The number of rotatable bonds is 8. The van der Waals surface area contributed by atoms with Crippen LogP contribution in [0.5, 0.6) is 0 Å². The van der Waals surface area contributed by atoms with Crippen LogP contribution < -0.4 is 10.6 Å². The van der Waals surface area contributed by atoms with Gasteiger partial charge in [-0.1, -0.05) is 79.9 Å². The molecule has 1 saturated carbocycles. The number of hydrogen-bond acceptors (Lipinski definition) is 3. The van der Waals surface area contributed by atoms with E-state index in [9.17, 15) is 14.7 Å². The van der Waals surface area contributed by atoms with Crippen LogP contribution in [0.2, 0.25) is 0 Å².